The van der Waals surface area contributed by atoms with Crippen LogP contribution in [-0.2, 0) is 4.79 Å². The van der Waals surface area contributed by atoms with Crippen LogP contribution in [0.1, 0.15) is 15.9 Å². The van der Waals surface area contributed by atoms with Gasteiger partial charge in [-0.1, -0.05) is 18.2 Å². The van der Waals surface area contributed by atoms with E-state index in [1.54, 1.807) is 42.5 Å². The van der Waals surface area contributed by atoms with Crippen LogP contribution in [0.25, 0.3) is 6.08 Å². The van der Waals surface area contributed by atoms with E-state index in [0.29, 0.717) is 11.4 Å². The third-order valence-electron chi connectivity index (χ3n) is 4.91. The molecule has 3 rings (SSSR count). The van der Waals surface area contributed by atoms with Crippen LogP contribution < -0.4 is 24.8 Å². The number of amides is 2. The molecule has 3 aromatic rings. The highest BCUT2D eigenvalue weighted by atomic mass is 16.6. The molecule has 0 atom stereocenters. The minimum atomic E-state index is -0.679. The number of rotatable bonds is 9. The van der Waals surface area contributed by atoms with Gasteiger partial charge in [-0.2, -0.15) is 0 Å². The van der Waals surface area contributed by atoms with Crippen LogP contribution in [0.5, 0.6) is 17.2 Å². The van der Waals surface area contributed by atoms with Crippen LogP contribution >= 0.6 is 0 Å². The molecule has 180 valence electrons. The van der Waals surface area contributed by atoms with Gasteiger partial charge in [0, 0.05) is 11.3 Å². The monoisotopic (exact) mass is 477 g/mol. The Labute approximate surface area is 201 Å². The fraction of sp³-hybridized carbons (Fsp3) is 0.120. The Kier molecular flexibility index (Phi) is 8.02. The molecule has 3 aromatic carbocycles. The molecule has 0 saturated carbocycles. The largest absolute Gasteiger partial charge is 0.497 e. The van der Waals surface area contributed by atoms with Crippen LogP contribution in [-0.4, -0.2) is 38.1 Å². The average molecular weight is 477 g/mol. The summed E-state index contributed by atoms with van der Waals surface area (Å²) in [6.07, 6.45) is 1.21. The van der Waals surface area contributed by atoms with E-state index in [1.165, 1.54) is 51.7 Å². The number of carbonyl (C=O) groups is 2. The van der Waals surface area contributed by atoms with Gasteiger partial charge in [0.25, 0.3) is 17.5 Å². The van der Waals surface area contributed by atoms with E-state index in [2.05, 4.69) is 10.6 Å². The van der Waals surface area contributed by atoms with Crippen molar-refractivity contribution in [2.75, 3.05) is 26.6 Å². The summed E-state index contributed by atoms with van der Waals surface area (Å²) in [6, 6.07) is 17.4. The van der Waals surface area contributed by atoms with Crippen LogP contribution in [0, 0.1) is 10.1 Å². The Morgan fingerprint density at radius 2 is 1.51 bits per heavy atom. The van der Waals surface area contributed by atoms with Crippen molar-refractivity contribution >= 4 is 29.3 Å². The molecule has 35 heavy (non-hydrogen) atoms. The third-order valence-corrected chi connectivity index (χ3v) is 4.91. The van der Waals surface area contributed by atoms with Gasteiger partial charge in [-0.05, 0) is 48.5 Å². The van der Waals surface area contributed by atoms with Crippen molar-refractivity contribution in [3.8, 4) is 17.2 Å². The molecule has 0 radical (unpaired) electrons. The SMILES string of the molecule is COc1ccc(C(=O)NC(=Cc2cc(OC)c(OC)cc2[N+](=O)[O-])C(=O)Nc2ccccc2)cc1. The molecule has 2 amide bonds. The highest BCUT2D eigenvalue weighted by molar-refractivity contribution is 6.11. The van der Waals surface area contributed by atoms with Gasteiger partial charge in [0.1, 0.15) is 11.4 Å². The highest BCUT2D eigenvalue weighted by Crippen LogP contribution is 2.35. The summed E-state index contributed by atoms with van der Waals surface area (Å²) in [7, 11) is 4.23. The number of ether oxygens (including phenoxy) is 3. The topological polar surface area (TPSA) is 129 Å². The molecule has 0 spiro atoms. The molecule has 0 aliphatic carbocycles. The molecule has 0 aliphatic heterocycles. The fourth-order valence-electron chi connectivity index (χ4n) is 3.13. The lowest BCUT2D eigenvalue weighted by Gasteiger charge is -2.13. The maximum atomic E-state index is 13.1. The number of benzene rings is 3. The number of nitro benzene ring substituents is 1. The van der Waals surface area contributed by atoms with Gasteiger partial charge in [0.15, 0.2) is 11.5 Å². The molecule has 0 heterocycles. The zero-order valence-electron chi connectivity index (χ0n) is 19.2. The molecule has 0 saturated heterocycles. The first-order chi connectivity index (χ1) is 16.9. The summed E-state index contributed by atoms with van der Waals surface area (Å²) >= 11 is 0. The van der Waals surface area contributed by atoms with Crippen LogP contribution in [0.2, 0.25) is 0 Å². The minimum Gasteiger partial charge on any atom is -0.497 e. The molecule has 10 nitrogen and oxygen atoms in total. The van der Waals surface area contributed by atoms with Crippen molar-refractivity contribution in [3.05, 3.63) is 93.7 Å². The molecular formula is C25H23N3O7. The number of nitrogens with one attached hydrogen (secondary N) is 2. The Bertz CT molecular complexity index is 1260. The number of anilines is 1. The number of hydrogen-bond acceptors (Lipinski definition) is 7. The van der Waals surface area contributed by atoms with Crippen molar-refractivity contribution in [1.29, 1.82) is 0 Å². The molecule has 10 heteroatoms. The minimum absolute atomic E-state index is 0.0286. The second-order valence-corrected chi connectivity index (χ2v) is 7.08. The Hall–Kier alpha value is -4.86. The lowest BCUT2D eigenvalue weighted by Crippen LogP contribution is -2.30. The predicted octanol–water partition coefficient (Wildman–Crippen LogP) is 4.03. The number of nitrogens with zero attached hydrogens (tertiary/aromatic N) is 1. The summed E-state index contributed by atoms with van der Waals surface area (Å²) < 4.78 is 15.5. The van der Waals surface area contributed by atoms with Crippen LogP contribution in [0.3, 0.4) is 0 Å². The van der Waals surface area contributed by atoms with E-state index in [1.807, 2.05) is 0 Å². The van der Waals surface area contributed by atoms with E-state index in [0.717, 1.165) is 0 Å². The average Bonchev–Trinajstić information content (AvgIpc) is 2.88. The Balaban J connectivity index is 2.05. The van der Waals surface area contributed by atoms with E-state index in [9.17, 15) is 19.7 Å². The number of methoxy groups -OCH3 is 3. The lowest BCUT2D eigenvalue weighted by molar-refractivity contribution is -0.385. The zero-order chi connectivity index (χ0) is 25.4. The van der Waals surface area contributed by atoms with Gasteiger partial charge in [-0.25, -0.2) is 0 Å². The van der Waals surface area contributed by atoms with Gasteiger partial charge < -0.3 is 24.8 Å². The molecule has 0 unspecified atom stereocenters. The van der Waals surface area contributed by atoms with Gasteiger partial charge in [-0.15, -0.1) is 0 Å². The maximum absolute atomic E-state index is 13.1. The van der Waals surface area contributed by atoms with Crippen molar-refractivity contribution in [3.63, 3.8) is 0 Å². The normalized spacial score (nSPS) is 10.8. The van der Waals surface area contributed by atoms with Crippen LogP contribution in [0.15, 0.2) is 72.4 Å². The van der Waals surface area contributed by atoms with E-state index in [-0.39, 0.29) is 34.0 Å². The van der Waals surface area contributed by atoms with Crippen molar-refractivity contribution in [2.24, 2.45) is 0 Å². The standard InChI is InChI=1S/C25H23N3O7/c1-33-19-11-9-16(10-12-19)24(29)27-20(25(30)26-18-7-5-4-6-8-18)13-17-14-22(34-2)23(35-3)15-21(17)28(31)32/h4-15H,1-3H3,(H,26,30)(H,27,29). The van der Waals surface area contributed by atoms with E-state index in [4.69, 9.17) is 14.2 Å². The third kappa shape index (κ3) is 6.14. The number of nitro groups is 1. The summed E-state index contributed by atoms with van der Waals surface area (Å²) in [5.74, 6) is -0.352. The van der Waals surface area contributed by atoms with E-state index >= 15 is 0 Å². The smallest absolute Gasteiger partial charge is 0.280 e. The first-order valence-corrected chi connectivity index (χ1v) is 10.3. The highest BCUT2D eigenvalue weighted by Gasteiger charge is 2.22. The summed E-state index contributed by atoms with van der Waals surface area (Å²) in [5.41, 5.74) is 0.201. The molecule has 0 bridgehead atoms. The second-order valence-electron chi connectivity index (χ2n) is 7.08. The van der Waals surface area contributed by atoms with Crippen molar-refractivity contribution in [1.82, 2.24) is 5.32 Å². The van der Waals surface area contributed by atoms with Gasteiger partial charge in [-0.3, -0.25) is 19.7 Å². The Morgan fingerprint density at radius 3 is 2.09 bits per heavy atom. The maximum Gasteiger partial charge on any atom is 0.280 e. The van der Waals surface area contributed by atoms with Crippen LogP contribution in [0.4, 0.5) is 11.4 Å². The summed E-state index contributed by atoms with van der Waals surface area (Å²) in [4.78, 5) is 37.1. The molecule has 0 aliphatic rings. The van der Waals surface area contributed by atoms with Gasteiger partial charge >= 0.3 is 0 Å². The van der Waals surface area contributed by atoms with Gasteiger partial charge in [0.05, 0.1) is 37.9 Å². The summed E-state index contributed by atoms with van der Waals surface area (Å²) in [5, 5.41) is 16.9. The molecular weight excluding hydrogens is 454 g/mol. The predicted molar refractivity (Wildman–Crippen MR) is 130 cm³/mol. The first kappa shape index (κ1) is 24.8. The van der Waals surface area contributed by atoms with Crippen molar-refractivity contribution < 1.29 is 28.7 Å². The lowest BCUT2D eigenvalue weighted by atomic mass is 10.1. The molecule has 2 N–H and O–H groups in total. The Morgan fingerprint density at radius 1 is 0.886 bits per heavy atom. The molecule has 0 fully saturated rings. The zero-order valence-corrected chi connectivity index (χ0v) is 19.2. The second kappa shape index (κ2) is 11.3. The number of hydrogen-bond donors (Lipinski definition) is 2. The quantitative estimate of drug-likeness (QED) is 0.270. The van der Waals surface area contributed by atoms with E-state index < -0.39 is 16.7 Å². The van der Waals surface area contributed by atoms with Gasteiger partial charge in [0.2, 0.25) is 0 Å². The fourth-order valence-corrected chi connectivity index (χ4v) is 3.13. The molecule has 0 aromatic heterocycles. The number of carbonyl (C=O) groups excluding carboxylic acids is 2. The van der Waals surface area contributed by atoms with Crippen molar-refractivity contribution in [2.45, 2.75) is 0 Å². The summed E-state index contributed by atoms with van der Waals surface area (Å²) in [6.45, 7) is 0. The first-order valence-electron chi connectivity index (χ1n) is 10.3. The number of para-hydroxylation sites is 1.